The molecular weight excluding hydrogens is 348 g/mol. The highest BCUT2D eigenvalue weighted by molar-refractivity contribution is 9.11. The Kier molecular flexibility index (Phi) is 5.55. The van der Waals surface area contributed by atoms with Crippen molar-refractivity contribution in [1.29, 1.82) is 0 Å². The Balaban J connectivity index is 2.10. The topological polar surface area (TPSA) is 18.5 Å². The van der Waals surface area contributed by atoms with Gasteiger partial charge in [-0.3, -0.25) is 0 Å². The summed E-state index contributed by atoms with van der Waals surface area (Å²) in [5, 5.41) is 0. The lowest BCUT2D eigenvalue weighted by Crippen LogP contribution is -1.99. The fourth-order valence-electron chi connectivity index (χ4n) is 1.60. The Morgan fingerprint density at radius 2 is 2.00 bits per heavy atom. The fourth-order valence-corrected chi connectivity index (χ4v) is 3.16. The van der Waals surface area contributed by atoms with Crippen LogP contribution in [0.2, 0.25) is 0 Å². The van der Waals surface area contributed by atoms with Crippen LogP contribution in [0.25, 0.3) is 0 Å². The molecule has 1 aromatic carbocycles. The summed E-state index contributed by atoms with van der Waals surface area (Å²) in [5.41, 5.74) is 1.02. The van der Waals surface area contributed by atoms with Crippen molar-refractivity contribution in [3.63, 3.8) is 0 Å². The summed E-state index contributed by atoms with van der Waals surface area (Å²) in [6, 6.07) is 9.85. The molecule has 0 saturated carbocycles. The summed E-state index contributed by atoms with van der Waals surface area (Å²) in [6.07, 6.45) is 0. The Morgan fingerprint density at radius 1 is 1.16 bits per heavy atom. The molecule has 19 heavy (non-hydrogen) atoms. The summed E-state index contributed by atoms with van der Waals surface area (Å²) in [5.74, 6) is 1.97. The van der Waals surface area contributed by atoms with Gasteiger partial charge in [0.25, 0.3) is 0 Å². The molecule has 1 heterocycles. The van der Waals surface area contributed by atoms with Gasteiger partial charge in [-0.2, -0.15) is 0 Å². The number of hydrogen-bond acceptors (Lipinski definition) is 3. The van der Waals surface area contributed by atoms with Gasteiger partial charge in [-0.1, -0.05) is 6.07 Å². The van der Waals surface area contributed by atoms with Crippen LogP contribution in [-0.2, 0) is 12.5 Å². The lowest BCUT2D eigenvalue weighted by atomic mass is 10.2. The van der Waals surface area contributed by atoms with Gasteiger partial charge in [-0.15, -0.1) is 22.9 Å². The van der Waals surface area contributed by atoms with E-state index in [0.29, 0.717) is 19.1 Å². The highest BCUT2D eigenvalue weighted by Gasteiger charge is 2.07. The van der Waals surface area contributed by atoms with E-state index in [9.17, 15) is 0 Å². The molecule has 0 bridgehead atoms. The van der Waals surface area contributed by atoms with E-state index in [1.165, 1.54) is 0 Å². The van der Waals surface area contributed by atoms with E-state index in [0.717, 1.165) is 25.7 Å². The van der Waals surface area contributed by atoms with Gasteiger partial charge in [0.2, 0.25) is 0 Å². The molecule has 2 rings (SSSR count). The molecule has 0 aliphatic heterocycles. The zero-order valence-electron chi connectivity index (χ0n) is 10.5. The molecule has 102 valence electrons. The van der Waals surface area contributed by atoms with Crippen molar-refractivity contribution in [2.45, 2.75) is 19.4 Å². The summed E-state index contributed by atoms with van der Waals surface area (Å²) >= 11 is 10.9. The number of rotatable bonds is 6. The highest BCUT2D eigenvalue weighted by Crippen LogP contribution is 2.31. The van der Waals surface area contributed by atoms with Crippen molar-refractivity contribution in [2.75, 3.05) is 6.61 Å². The van der Waals surface area contributed by atoms with Crippen molar-refractivity contribution in [3.05, 3.63) is 44.6 Å². The van der Waals surface area contributed by atoms with Gasteiger partial charge in [-0.05, 0) is 52.7 Å². The highest BCUT2D eigenvalue weighted by atomic mass is 79.9. The molecule has 2 nitrogen and oxygen atoms in total. The van der Waals surface area contributed by atoms with Gasteiger partial charge in [0.15, 0.2) is 11.5 Å². The number of halogens is 2. The second-order valence-electron chi connectivity index (χ2n) is 3.84. The number of thiophene rings is 1. The number of ether oxygens (including phenoxy) is 2. The third-order valence-corrected chi connectivity index (χ3v) is 4.37. The van der Waals surface area contributed by atoms with Crippen molar-refractivity contribution >= 4 is 38.9 Å². The SMILES string of the molecule is CCOc1cc(CCl)ccc1OCc1ccc(Br)s1. The van der Waals surface area contributed by atoms with Crippen LogP contribution < -0.4 is 9.47 Å². The summed E-state index contributed by atoms with van der Waals surface area (Å²) in [7, 11) is 0. The van der Waals surface area contributed by atoms with Crippen LogP contribution in [0.3, 0.4) is 0 Å². The van der Waals surface area contributed by atoms with Crippen LogP contribution in [0.5, 0.6) is 11.5 Å². The first-order valence-electron chi connectivity index (χ1n) is 5.91. The fraction of sp³-hybridized carbons (Fsp3) is 0.286. The maximum atomic E-state index is 5.83. The Morgan fingerprint density at radius 3 is 2.63 bits per heavy atom. The molecule has 0 fully saturated rings. The second kappa shape index (κ2) is 7.17. The van der Waals surface area contributed by atoms with E-state index < -0.39 is 0 Å². The second-order valence-corrected chi connectivity index (χ2v) is 6.66. The maximum Gasteiger partial charge on any atom is 0.161 e. The van der Waals surface area contributed by atoms with Gasteiger partial charge in [0.1, 0.15) is 6.61 Å². The number of hydrogen-bond donors (Lipinski definition) is 0. The molecule has 2 aromatic rings. The van der Waals surface area contributed by atoms with E-state index in [4.69, 9.17) is 21.1 Å². The molecule has 0 aliphatic rings. The van der Waals surface area contributed by atoms with Crippen LogP contribution >= 0.6 is 38.9 Å². The smallest absolute Gasteiger partial charge is 0.161 e. The van der Waals surface area contributed by atoms with Crippen LogP contribution in [0.15, 0.2) is 34.1 Å². The number of benzene rings is 1. The summed E-state index contributed by atoms with van der Waals surface area (Å²) in [4.78, 5) is 1.16. The predicted octanol–water partition coefficient (Wildman–Crippen LogP) is 5.23. The normalized spacial score (nSPS) is 10.5. The lowest BCUT2D eigenvalue weighted by molar-refractivity contribution is 0.271. The average molecular weight is 362 g/mol. The monoisotopic (exact) mass is 360 g/mol. The first-order chi connectivity index (χ1) is 9.22. The van der Waals surface area contributed by atoms with Crippen molar-refractivity contribution < 1.29 is 9.47 Å². The van der Waals surface area contributed by atoms with Gasteiger partial charge in [0.05, 0.1) is 10.4 Å². The molecule has 0 unspecified atom stereocenters. The molecule has 0 N–H and O–H groups in total. The Bertz CT molecular complexity index is 542. The molecule has 0 atom stereocenters. The van der Waals surface area contributed by atoms with E-state index in [2.05, 4.69) is 15.9 Å². The minimum absolute atomic E-state index is 0.470. The molecule has 0 radical (unpaired) electrons. The van der Waals surface area contributed by atoms with Gasteiger partial charge >= 0.3 is 0 Å². The van der Waals surface area contributed by atoms with Crippen molar-refractivity contribution in [3.8, 4) is 11.5 Å². The summed E-state index contributed by atoms with van der Waals surface area (Å²) in [6.45, 7) is 3.09. The van der Waals surface area contributed by atoms with Crippen molar-refractivity contribution in [1.82, 2.24) is 0 Å². The predicted molar refractivity (Wildman–Crippen MR) is 83.5 cm³/mol. The Labute approximate surface area is 130 Å². The standard InChI is InChI=1S/C14H14BrClO2S/c1-2-17-13-7-10(8-16)3-5-12(13)18-9-11-4-6-14(15)19-11/h3-7H,2,8-9H2,1H3. The zero-order valence-corrected chi connectivity index (χ0v) is 13.6. The molecule has 1 aromatic heterocycles. The minimum atomic E-state index is 0.470. The molecule has 0 amide bonds. The zero-order chi connectivity index (χ0) is 13.7. The van der Waals surface area contributed by atoms with E-state index in [-0.39, 0.29) is 0 Å². The van der Waals surface area contributed by atoms with Gasteiger partial charge in [0, 0.05) is 10.8 Å². The minimum Gasteiger partial charge on any atom is -0.490 e. The van der Waals surface area contributed by atoms with Gasteiger partial charge < -0.3 is 9.47 Å². The molecule has 0 saturated heterocycles. The van der Waals surface area contributed by atoms with E-state index in [1.54, 1.807) is 11.3 Å². The quantitative estimate of drug-likeness (QED) is 0.656. The molecule has 0 aliphatic carbocycles. The van der Waals surface area contributed by atoms with Crippen molar-refractivity contribution in [2.24, 2.45) is 0 Å². The average Bonchev–Trinajstić information content (AvgIpc) is 2.83. The van der Waals surface area contributed by atoms with Crippen LogP contribution in [-0.4, -0.2) is 6.61 Å². The number of alkyl halides is 1. The van der Waals surface area contributed by atoms with E-state index in [1.807, 2.05) is 37.3 Å². The largest absolute Gasteiger partial charge is 0.490 e. The third kappa shape index (κ3) is 4.13. The van der Waals surface area contributed by atoms with Crippen LogP contribution in [0.4, 0.5) is 0 Å². The Hall–Kier alpha value is -0.710. The van der Waals surface area contributed by atoms with Crippen LogP contribution in [0, 0.1) is 0 Å². The molecule has 0 spiro atoms. The first-order valence-corrected chi connectivity index (χ1v) is 8.06. The van der Waals surface area contributed by atoms with Crippen LogP contribution in [0.1, 0.15) is 17.4 Å². The maximum absolute atomic E-state index is 5.83. The van der Waals surface area contributed by atoms with Gasteiger partial charge in [-0.25, -0.2) is 0 Å². The van der Waals surface area contributed by atoms with E-state index >= 15 is 0 Å². The molecule has 5 heteroatoms. The third-order valence-electron chi connectivity index (χ3n) is 2.46. The molecular formula is C14H14BrClO2S. The summed E-state index contributed by atoms with van der Waals surface area (Å²) < 4.78 is 12.5. The lowest BCUT2D eigenvalue weighted by Gasteiger charge is -2.12. The first kappa shape index (κ1) is 14.7.